The van der Waals surface area contributed by atoms with Gasteiger partial charge in [-0.1, -0.05) is 26.0 Å². The van der Waals surface area contributed by atoms with Crippen molar-refractivity contribution in [1.82, 2.24) is 0 Å². The van der Waals surface area contributed by atoms with Gasteiger partial charge in [0, 0.05) is 6.42 Å². The summed E-state index contributed by atoms with van der Waals surface area (Å²) in [5, 5.41) is 2.94. The minimum atomic E-state index is -0.0285. The van der Waals surface area contributed by atoms with Crippen LogP contribution >= 0.6 is 0 Å². The van der Waals surface area contributed by atoms with Gasteiger partial charge in [-0.3, -0.25) is 4.79 Å². The van der Waals surface area contributed by atoms with Crippen molar-refractivity contribution >= 4 is 11.6 Å². The number of amides is 1. The Hall–Kier alpha value is -2.49. The third kappa shape index (κ3) is 4.78. The van der Waals surface area contributed by atoms with Crippen LogP contribution in [0, 0.1) is 13.8 Å². The van der Waals surface area contributed by atoms with E-state index in [-0.39, 0.29) is 5.91 Å². The number of anilines is 1. The molecule has 0 aliphatic rings. The van der Waals surface area contributed by atoms with Gasteiger partial charge in [-0.2, -0.15) is 0 Å². The summed E-state index contributed by atoms with van der Waals surface area (Å²) >= 11 is 0. The molecule has 0 aliphatic carbocycles. The third-order valence-electron chi connectivity index (χ3n) is 4.41. The number of hydrogen-bond donors (Lipinski definition) is 1. The first kappa shape index (κ1) is 19.8. The molecule has 1 amide bonds. The molecule has 1 N–H and O–H groups in total. The lowest BCUT2D eigenvalue weighted by molar-refractivity contribution is -0.115. The second kappa shape index (κ2) is 9.27. The van der Waals surface area contributed by atoms with Crippen LogP contribution in [0.25, 0.3) is 0 Å². The highest BCUT2D eigenvalue weighted by molar-refractivity contribution is 5.91. The first-order valence-corrected chi connectivity index (χ1v) is 9.27. The lowest BCUT2D eigenvalue weighted by Crippen LogP contribution is -2.13. The smallest absolute Gasteiger partial charge is 0.224 e. The minimum Gasteiger partial charge on any atom is -0.493 e. The molecule has 0 spiro atoms. The van der Waals surface area contributed by atoms with E-state index in [4.69, 9.17) is 9.47 Å². The van der Waals surface area contributed by atoms with E-state index in [1.165, 1.54) is 11.1 Å². The van der Waals surface area contributed by atoms with Crippen LogP contribution in [0.2, 0.25) is 0 Å². The predicted octanol–water partition coefficient (Wildman–Crippen LogP) is 5.19. The topological polar surface area (TPSA) is 47.6 Å². The minimum absolute atomic E-state index is 0.0285. The summed E-state index contributed by atoms with van der Waals surface area (Å²) in [5.74, 6) is 1.57. The molecule has 0 radical (unpaired) electrons. The molecular weight excluding hydrogens is 326 g/mol. The maximum absolute atomic E-state index is 11.9. The largest absolute Gasteiger partial charge is 0.493 e. The van der Waals surface area contributed by atoms with Crippen molar-refractivity contribution < 1.29 is 14.3 Å². The van der Waals surface area contributed by atoms with Crippen LogP contribution in [0.1, 0.15) is 49.4 Å². The van der Waals surface area contributed by atoms with Gasteiger partial charge in [0.2, 0.25) is 5.91 Å². The van der Waals surface area contributed by atoms with E-state index in [9.17, 15) is 4.79 Å². The predicted molar refractivity (Wildman–Crippen MR) is 106 cm³/mol. The number of nitrogens with one attached hydrogen (secondary N) is 1. The molecule has 0 unspecified atom stereocenters. The van der Waals surface area contributed by atoms with E-state index in [2.05, 4.69) is 38.2 Å². The quantitative estimate of drug-likeness (QED) is 0.709. The van der Waals surface area contributed by atoms with E-state index in [0.717, 1.165) is 34.7 Å². The van der Waals surface area contributed by atoms with Crippen LogP contribution in [0.15, 0.2) is 30.3 Å². The summed E-state index contributed by atoms with van der Waals surface area (Å²) in [4.78, 5) is 11.9. The summed E-state index contributed by atoms with van der Waals surface area (Å²) in [6.45, 7) is 11.0. The van der Waals surface area contributed by atoms with Gasteiger partial charge in [0.15, 0.2) is 0 Å². The molecule has 0 heterocycles. The maximum atomic E-state index is 11.9. The zero-order valence-electron chi connectivity index (χ0n) is 16.4. The molecular formula is C22H29NO3. The van der Waals surface area contributed by atoms with Crippen molar-refractivity contribution in [3.63, 3.8) is 0 Å². The van der Waals surface area contributed by atoms with Crippen LogP contribution in [-0.2, 0) is 17.8 Å². The first-order valence-electron chi connectivity index (χ1n) is 9.27. The Bertz CT molecular complexity index is 768. The molecule has 0 saturated carbocycles. The molecule has 0 fully saturated rings. The van der Waals surface area contributed by atoms with Gasteiger partial charge >= 0.3 is 0 Å². The van der Waals surface area contributed by atoms with Crippen LogP contribution < -0.4 is 14.8 Å². The average molecular weight is 355 g/mol. The number of ether oxygens (including phenoxy) is 2. The molecule has 4 heteroatoms. The van der Waals surface area contributed by atoms with Crippen molar-refractivity contribution in [2.75, 3.05) is 11.9 Å². The van der Waals surface area contributed by atoms with Gasteiger partial charge < -0.3 is 14.8 Å². The lowest BCUT2D eigenvalue weighted by Gasteiger charge is -2.18. The second-order valence-corrected chi connectivity index (χ2v) is 6.30. The normalized spacial score (nSPS) is 10.5. The molecule has 0 atom stereocenters. The molecule has 4 nitrogen and oxygen atoms in total. The van der Waals surface area contributed by atoms with Gasteiger partial charge in [0.1, 0.15) is 18.1 Å². The Morgan fingerprint density at radius 2 is 1.77 bits per heavy atom. The zero-order valence-corrected chi connectivity index (χ0v) is 16.4. The van der Waals surface area contributed by atoms with Crippen LogP contribution in [0.4, 0.5) is 5.69 Å². The molecule has 2 aromatic carbocycles. The molecule has 26 heavy (non-hydrogen) atoms. The van der Waals surface area contributed by atoms with Gasteiger partial charge in [0.05, 0.1) is 17.9 Å². The number of rotatable bonds is 8. The first-order chi connectivity index (χ1) is 12.5. The highest BCUT2D eigenvalue weighted by Gasteiger charge is 2.13. The molecule has 0 aromatic heterocycles. The lowest BCUT2D eigenvalue weighted by atomic mass is 10.0. The zero-order chi connectivity index (χ0) is 19.1. The number of benzene rings is 2. The van der Waals surface area contributed by atoms with Crippen molar-refractivity contribution in [2.24, 2.45) is 0 Å². The Kier molecular flexibility index (Phi) is 7.07. The Balaban J connectivity index is 2.30. The van der Waals surface area contributed by atoms with Crippen LogP contribution in [-0.4, -0.2) is 12.5 Å². The summed E-state index contributed by atoms with van der Waals surface area (Å²) in [7, 11) is 0. The van der Waals surface area contributed by atoms with Gasteiger partial charge in [-0.25, -0.2) is 0 Å². The number of carbonyl (C=O) groups excluding carboxylic acids is 1. The number of carbonyl (C=O) groups is 1. The van der Waals surface area contributed by atoms with Gasteiger partial charge in [-0.05, 0) is 62.1 Å². The highest BCUT2D eigenvalue weighted by Crippen LogP contribution is 2.30. The molecule has 0 aliphatic heterocycles. The highest BCUT2D eigenvalue weighted by atomic mass is 16.5. The van der Waals surface area contributed by atoms with Crippen LogP contribution in [0.3, 0.4) is 0 Å². The molecule has 2 aromatic rings. The fourth-order valence-corrected chi connectivity index (χ4v) is 2.90. The molecule has 2 rings (SSSR count). The second-order valence-electron chi connectivity index (χ2n) is 6.30. The standard InChI is InChI=1S/C22H29NO3/c1-6-17-12-16(5)21(13-15(17)4)26-14-18-19(23-22(24)7-2)10-9-11-20(18)25-8-3/h9-13H,6-8,14H2,1-5H3,(H,23,24). The van der Waals surface area contributed by atoms with E-state index in [1.807, 2.05) is 32.0 Å². The molecule has 140 valence electrons. The SMILES string of the molecule is CCOc1cccc(NC(=O)CC)c1COc1cc(C)c(CC)cc1C. The summed E-state index contributed by atoms with van der Waals surface area (Å²) in [6.07, 6.45) is 1.43. The Labute approximate surface area is 156 Å². The summed E-state index contributed by atoms with van der Waals surface area (Å²) < 4.78 is 11.9. The van der Waals surface area contributed by atoms with Crippen molar-refractivity contribution in [3.05, 3.63) is 52.6 Å². The van der Waals surface area contributed by atoms with Crippen LogP contribution in [0.5, 0.6) is 11.5 Å². The average Bonchev–Trinajstić information content (AvgIpc) is 2.63. The monoisotopic (exact) mass is 355 g/mol. The van der Waals surface area contributed by atoms with E-state index in [1.54, 1.807) is 0 Å². The maximum Gasteiger partial charge on any atom is 0.224 e. The Morgan fingerprint density at radius 3 is 2.42 bits per heavy atom. The third-order valence-corrected chi connectivity index (χ3v) is 4.41. The van der Waals surface area contributed by atoms with Crippen molar-refractivity contribution in [3.8, 4) is 11.5 Å². The summed E-state index contributed by atoms with van der Waals surface area (Å²) in [6, 6.07) is 9.93. The number of aryl methyl sites for hydroxylation is 3. The van der Waals surface area contributed by atoms with Gasteiger partial charge in [0.25, 0.3) is 0 Å². The van der Waals surface area contributed by atoms with Crippen molar-refractivity contribution in [1.29, 1.82) is 0 Å². The number of hydrogen-bond acceptors (Lipinski definition) is 3. The fraction of sp³-hybridized carbons (Fsp3) is 0.409. The Morgan fingerprint density at radius 1 is 1.00 bits per heavy atom. The molecule has 0 saturated heterocycles. The fourth-order valence-electron chi connectivity index (χ4n) is 2.90. The molecule has 0 bridgehead atoms. The van der Waals surface area contributed by atoms with Crippen molar-refractivity contribution in [2.45, 2.75) is 54.1 Å². The van der Waals surface area contributed by atoms with E-state index in [0.29, 0.717) is 19.6 Å². The van der Waals surface area contributed by atoms with Gasteiger partial charge in [-0.15, -0.1) is 0 Å². The van der Waals surface area contributed by atoms with E-state index < -0.39 is 0 Å². The summed E-state index contributed by atoms with van der Waals surface area (Å²) in [5.41, 5.74) is 5.27. The van der Waals surface area contributed by atoms with E-state index >= 15 is 0 Å².